The predicted molar refractivity (Wildman–Crippen MR) is 99.0 cm³/mol. The summed E-state index contributed by atoms with van der Waals surface area (Å²) in [5, 5.41) is 2.81. The normalized spacial score (nSPS) is 17.9. The molecule has 6 nitrogen and oxygen atoms in total. The molecular weight excluding hydrogens is 340 g/mol. The second-order valence-corrected chi connectivity index (χ2v) is 10.3. The molecule has 0 saturated carbocycles. The number of rotatable bonds is 5. The van der Waals surface area contributed by atoms with Crippen LogP contribution in [0.25, 0.3) is 0 Å². The number of nitrogens with two attached hydrogens (primary N) is 1. The van der Waals surface area contributed by atoms with E-state index in [2.05, 4.69) is 5.32 Å². The van der Waals surface area contributed by atoms with Gasteiger partial charge in [0.15, 0.2) is 9.84 Å². The van der Waals surface area contributed by atoms with Crippen LogP contribution in [-0.2, 0) is 25.1 Å². The molecule has 7 heteroatoms. The summed E-state index contributed by atoms with van der Waals surface area (Å²) in [5.74, 6) is -0.112. The molecule has 1 aromatic carbocycles. The number of anilines is 1. The predicted octanol–water partition coefficient (Wildman–Crippen LogP) is 2.09. The lowest BCUT2D eigenvalue weighted by atomic mass is 9.92. The Balaban J connectivity index is 1.97. The van der Waals surface area contributed by atoms with E-state index >= 15 is 0 Å². The fourth-order valence-electron chi connectivity index (χ4n) is 2.63. The highest BCUT2D eigenvalue weighted by molar-refractivity contribution is 7.91. The maximum atomic E-state index is 12.3. The molecule has 3 N–H and O–H groups in total. The molecule has 1 aromatic rings. The van der Waals surface area contributed by atoms with Gasteiger partial charge in [-0.1, -0.05) is 12.1 Å². The molecule has 0 bridgehead atoms. The summed E-state index contributed by atoms with van der Waals surface area (Å²) in [6.45, 7) is 6.35. The fraction of sp³-hybridized carbons (Fsp3) is 0.611. The van der Waals surface area contributed by atoms with E-state index in [0.717, 1.165) is 12.8 Å². The van der Waals surface area contributed by atoms with E-state index in [9.17, 15) is 13.2 Å². The minimum absolute atomic E-state index is 0.0215. The topological polar surface area (TPSA) is 98.5 Å². The number of nitrogens with one attached hydrogen (secondary N) is 1. The molecule has 0 radical (unpaired) electrons. The number of hydrogen-bond donors (Lipinski definition) is 2. The second kappa shape index (κ2) is 7.85. The number of carbonyl (C=O) groups excluding carboxylic acids is 1. The van der Waals surface area contributed by atoms with Crippen molar-refractivity contribution in [2.24, 2.45) is 11.7 Å². The molecule has 1 atom stereocenters. The summed E-state index contributed by atoms with van der Waals surface area (Å²) in [4.78, 5) is 12.3. The van der Waals surface area contributed by atoms with Crippen molar-refractivity contribution in [2.45, 2.75) is 50.2 Å². The van der Waals surface area contributed by atoms with Crippen LogP contribution < -0.4 is 11.1 Å². The van der Waals surface area contributed by atoms with Gasteiger partial charge in [-0.3, -0.25) is 4.79 Å². The molecule has 1 unspecified atom stereocenters. The van der Waals surface area contributed by atoms with Gasteiger partial charge in [0.1, 0.15) is 0 Å². The smallest absolute Gasteiger partial charge is 0.241 e. The lowest BCUT2D eigenvalue weighted by Gasteiger charge is -2.26. The molecular formula is C18H28N2O4S. The minimum atomic E-state index is -3.23. The van der Waals surface area contributed by atoms with Crippen molar-refractivity contribution in [3.05, 3.63) is 29.8 Å². The Morgan fingerprint density at radius 1 is 1.24 bits per heavy atom. The SMILES string of the molecule is CC(C)(C)S(=O)(=O)Cc1ccc(NC(=O)C(N)C2CCOCC2)cc1. The Labute approximate surface area is 150 Å². The van der Waals surface area contributed by atoms with Crippen LogP contribution in [0, 0.1) is 5.92 Å². The van der Waals surface area contributed by atoms with E-state index in [4.69, 9.17) is 10.5 Å². The molecule has 0 spiro atoms. The number of sulfone groups is 1. The van der Waals surface area contributed by atoms with Gasteiger partial charge in [0.05, 0.1) is 16.5 Å². The maximum Gasteiger partial charge on any atom is 0.241 e. The molecule has 140 valence electrons. The highest BCUT2D eigenvalue weighted by Gasteiger charge is 2.29. The summed E-state index contributed by atoms with van der Waals surface area (Å²) in [7, 11) is -3.23. The third-order valence-electron chi connectivity index (χ3n) is 4.59. The van der Waals surface area contributed by atoms with Crippen LogP contribution >= 0.6 is 0 Å². The quantitative estimate of drug-likeness (QED) is 0.829. The van der Waals surface area contributed by atoms with Gasteiger partial charge in [-0.25, -0.2) is 8.42 Å². The number of carbonyl (C=O) groups is 1. The van der Waals surface area contributed by atoms with Crippen LogP contribution in [0.4, 0.5) is 5.69 Å². The Morgan fingerprint density at radius 3 is 2.32 bits per heavy atom. The number of benzene rings is 1. The van der Waals surface area contributed by atoms with Crippen molar-refractivity contribution in [1.29, 1.82) is 0 Å². The van der Waals surface area contributed by atoms with Crippen molar-refractivity contribution in [1.82, 2.24) is 0 Å². The molecule has 1 fully saturated rings. The van der Waals surface area contributed by atoms with Crippen molar-refractivity contribution in [2.75, 3.05) is 18.5 Å². The monoisotopic (exact) mass is 368 g/mol. The second-order valence-electron chi connectivity index (χ2n) is 7.53. The summed E-state index contributed by atoms with van der Waals surface area (Å²) < 4.78 is 29.0. The van der Waals surface area contributed by atoms with Crippen LogP contribution in [0.2, 0.25) is 0 Å². The third-order valence-corrected chi connectivity index (χ3v) is 7.17. The van der Waals surface area contributed by atoms with Gasteiger partial charge in [0.2, 0.25) is 5.91 Å². The zero-order valence-electron chi connectivity index (χ0n) is 15.1. The molecule has 0 aliphatic carbocycles. The first-order valence-corrected chi connectivity index (χ1v) is 10.2. The van der Waals surface area contributed by atoms with Crippen molar-refractivity contribution in [3.8, 4) is 0 Å². The van der Waals surface area contributed by atoms with E-state index in [1.165, 1.54) is 0 Å². The fourth-order valence-corrected chi connectivity index (χ4v) is 3.70. The van der Waals surface area contributed by atoms with Gasteiger partial charge in [0.25, 0.3) is 0 Å². The first-order valence-electron chi connectivity index (χ1n) is 8.55. The van der Waals surface area contributed by atoms with Gasteiger partial charge in [-0.2, -0.15) is 0 Å². The van der Waals surface area contributed by atoms with Crippen LogP contribution in [0.1, 0.15) is 39.2 Å². The van der Waals surface area contributed by atoms with Crippen molar-refractivity contribution in [3.63, 3.8) is 0 Å². The van der Waals surface area contributed by atoms with E-state index in [1.54, 1.807) is 45.0 Å². The first kappa shape index (κ1) is 19.9. The molecule has 1 heterocycles. The number of amides is 1. The molecule has 1 aliphatic heterocycles. The number of hydrogen-bond acceptors (Lipinski definition) is 5. The molecule has 1 saturated heterocycles. The summed E-state index contributed by atoms with van der Waals surface area (Å²) in [6.07, 6.45) is 1.58. The van der Waals surface area contributed by atoms with Gasteiger partial charge in [0, 0.05) is 18.9 Å². The Kier molecular flexibility index (Phi) is 6.24. The van der Waals surface area contributed by atoms with E-state index in [0.29, 0.717) is 24.5 Å². The molecule has 1 amide bonds. The zero-order valence-corrected chi connectivity index (χ0v) is 15.9. The van der Waals surface area contributed by atoms with Gasteiger partial charge in [-0.05, 0) is 57.2 Å². The lowest BCUT2D eigenvalue weighted by Crippen LogP contribution is -2.44. The van der Waals surface area contributed by atoms with Crippen molar-refractivity contribution >= 4 is 21.4 Å². The van der Waals surface area contributed by atoms with Crippen LogP contribution in [0.5, 0.6) is 0 Å². The van der Waals surface area contributed by atoms with Crippen LogP contribution in [-0.4, -0.2) is 38.3 Å². The molecule has 25 heavy (non-hydrogen) atoms. The summed E-state index contributed by atoms with van der Waals surface area (Å²) in [5.41, 5.74) is 7.37. The highest BCUT2D eigenvalue weighted by Crippen LogP contribution is 2.22. The van der Waals surface area contributed by atoms with E-state index < -0.39 is 20.6 Å². The van der Waals surface area contributed by atoms with Gasteiger partial charge >= 0.3 is 0 Å². The van der Waals surface area contributed by atoms with Crippen molar-refractivity contribution < 1.29 is 17.9 Å². The standard InChI is InChI=1S/C18H28N2O4S/c1-18(2,3)25(22,23)12-13-4-6-15(7-5-13)20-17(21)16(19)14-8-10-24-11-9-14/h4-7,14,16H,8-12,19H2,1-3H3,(H,20,21). The largest absolute Gasteiger partial charge is 0.381 e. The average Bonchev–Trinajstić information content (AvgIpc) is 2.55. The lowest BCUT2D eigenvalue weighted by molar-refractivity contribution is -0.119. The summed E-state index contributed by atoms with van der Waals surface area (Å²) in [6, 6.07) is 6.30. The minimum Gasteiger partial charge on any atom is -0.381 e. The van der Waals surface area contributed by atoms with Crippen LogP contribution in [0.3, 0.4) is 0 Å². The Hall–Kier alpha value is -1.44. The summed E-state index contributed by atoms with van der Waals surface area (Å²) >= 11 is 0. The maximum absolute atomic E-state index is 12.3. The highest BCUT2D eigenvalue weighted by atomic mass is 32.2. The Morgan fingerprint density at radius 2 is 1.80 bits per heavy atom. The van der Waals surface area contributed by atoms with Gasteiger partial charge in [-0.15, -0.1) is 0 Å². The average molecular weight is 368 g/mol. The van der Waals surface area contributed by atoms with E-state index in [1.807, 2.05) is 0 Å². The molecule has 0 aromatic heterocycles. The molecule has 2 rings (SSSR count). The Bertz CT molecular complexity index is 687. The van der Waals surface area contributed by atoms with Gasteiger partial charge < -0.3 is 15.8 Å². The van der Waals surface area contributed by atoms with Crippen LogP contribution in [0.15, 0.2) is 24.3 Å². The first-order chi connectivity index (χ1) is 11.6. The number of ether oxygens (including phenoxy) is 1. The molecule has 1 aliphatic rings. The van der Waals surface area contributed by atoms with E-state index in [-0.39, 0.29) is 17.6 Å². The zero-order chi connectivity index (χ0) is 18.7. The third kappa shape index (κ3) is 5.26.